The molecule has 3 aliphatic rings. The van der Waals surface area contributed by atoms with Gasteiger partial charge in [0.05, 0.1) is 18.6 Å². The Labute approximate surface area is 142 Å². The second kappa shape index (κ2) is 7.63. The van der Waals surface area contributed by atoms with Crippen molar-refractivity contribution in [3.63, 3.8) is 0 Å². The van der Waals surface area contributed by atoms with Crippen LogP contribution in [0.3, 0.4) is 0 Å². The second-order valence-corrected chi connectivity index (χ2v) is 6.65. The zero-order valence-electron chi connectivity index (χ0n) is 14.1. The Bertz CT molecular complexity index is 533. The van der Waals surface area contributed by atoms with E-state index in [9.17, 15) is 15.0 Å². The molecule has 2 amide bonds. The van der Waals surface area contributed by atoms with Gasteiger partial charge in [-0.25, -0.2) is 4.79 Å². The summed E-state index contributed by atoms with van der Waals surface area (Å²) in [6.07, 6.45) is 5.93. The lowest BCUT2D eigenvalue weighted by Crippen LogP contribution is -2.46. The van der Waals surface area contributed by atoms with Crippen molar-refractivity contribution in [1.82, 2.24) is 4.90 Å². The van der Waals surface area contributed by atoms with Crippen molar-refractivity contribution in [2.24, 2.45) is 10.9 Å². The van der Waals surface area contributed by atoms with E-state index in [1.165, 1.54) is 24.2 Å². The summed E-state index contributed by atoms with van der Waals surface area (Å²) >= 11 is 0. The molecule has 0 aliphatic carbocycles. The van der Waals surface area contributed by atoms with Crippen molar-refractivity contribution >= 4 is 11.9 Å². The number of urea groups is 1. The van der Waals surface area contributed by atoms with E-state index >= 15 is 0 Å². The highest BCUT2D eigenvalue weighted by Crippen LogP contribution is 2.31. The molecule has 0 saturated carbocycles. The molecular weight excluding hydrogens is 312 g/mol. The summed E-state index contributed by atoms with van der Waals surface area (Å²) in [5, 5.41) is 19.0. The van der Waals surface area contributed by atoms with Crippen LogP contribution in [-0.4, -0.2) is 58.6 Å². The first-order chi connectivity index (χ1) is 11.6. The van der Waals surface area contributed by atoms with E-state index in [1.807, 2.05) is 6.08 Å². The van der Waals surface area contributed by atoms with Crippen molar-refractivity contribution in [2.75, 3.05) is 13.2 Å². The number of allylic oxidation sites excluding steroid dienone is 1. The van der Waals surface area contributed by atoms with Crippen LogP contribution in [0.4, 0.5) is 4.79 Å². The molecule has 0 bridgehead atoms. The van der Waals surface area contributed by atoms with Gasteiger partial charge in [0.2, 0.25) is 5.90 Å². The van der Waals surface area contributed by atoms with E-state index in [-0.39, 0.29) is 12.5 Å². The van der Waals surface area contributed by atoms with Gasteiger partial charge in [-0.2, -0.15) is 4.99 Å². The summed E-state index contributed by atoms with van der Waals surface area (Å²) in [6.45, 7) is 2.35. The van der Waals surface area contributed by atoms with Crippen LogP contribution >= 0.6 is 0 Å². The molecule has 0 radical (unpaired) electrons. The maximum atomic E-state index is 12.2. The van der Waals surface area contributed by atoms with Crippen LogP contribution in [0.5, 0.6) is 0 Å². The molecule has 4 atom stereocenters. The summed E-state index contributed by atoms with van der Waals surface area (Å²) in [7, 11) is 0. The molecular formula is C17H26N2O5. The van der Waals surface area contributed by atoms with Crippen molar-refractivity contribution in [2.45, 2.75) is 63.9 Å². The van der Waals surface area contributed by atoms with Crippen molar-refractivity contribution in [3.05, 3.63) is 11.8 Å². The Kier molecular flexibility index (Phi) is 5.53. The van der Waals surface area contributed by atoms with Gasteiger partial charge < -0.3 is 19.7 Å². The second-order valence-electron chi connectivity index (χ2n) is 6.65. The fourth-order valence-electron chi connectivity index (χ4n) is 3.40. The van der Waals surface area contributed by atoms with Crippen molar-refractivity contribution in [1.29, 1.82) is 0 Å². The summed E-state index contributed by atoms with van der Waals surface area (Å²) < 4.78 is 11.3. The lowest BCUT2D eigenvalue weighted by atomic mass is 10.1. The molecule has 24 heavy (non-hydrogen) atoms. The molecule has 2 N–H and O–H groups in total. The molecule has 1 unspecified atom stereocenters. The van der Waals surface area contributed by atoms with E-state index in [1.54, 1.807) is 0 Å². The van der Waals surface area contributed by atoms with Gasteiger partial charge in [-0.1, -0.05) is 26.2 Å². The molecule has 3 rings (SSSR count). The Morgan fingerprint density at radius 2 is 2.21 bits per heavy atom. The van der Waals surface area contributed by atoms with Gasteiger partial charge in [-0.15, -0.1) is 0 Å². The average Bonchev–Trinajstić information content (AvgIpc) is 3.13. The number of hydrogen-bond acceptors (Lipinski definition) is 5. The van der Waals surface area contributed by atoms with Gasteiger partial charge in [0.25, 0.3) is 0 Å². The van der Waals surface area contributed by atoms with E-state index < -0.39 is 24.5 Å². The van der Waals surface area contributed by atoms with E-state index in [2.05, 4.69) is 11.9 Å². The summed E-state index contributed by atoms with van der Waals surface area (Å²) in [5.74, 6) is 1.32. The largest absolute Gasteiger partial charge is 0.447 e. The minimum absolute atomic E-state index is 0.0437. The molecule has 0 aromatic carbocycles. The Morgan fingerprint density at radius 3 is 2.92 bits per heavy atom. The lowest BCUT2D eigenvalue weighted by Gasteiger charge is -2.31. The quantitative estimate of drug-likeness (QED) is 0.691. The number of aliphatic imine (C=N–C) groups is 1. The van der Waals surface area contributed by atoms with Crippen LogP contribution < -0.4 is 0 Å². The number of amides is 2. The van der Waals surface area contributed by atoms with Crippen molar-refractivity contribution in [3.8, 4) is 0 Å². The fraction of sp³-hybridized carbons (Fsp3) is 0.765. The van der Waals surface area contributed by atoms with Crippen LogP contribution in [0.1, 0.15) is 45.4 Å². The highest BCUT2D eigenvalue weighted by atomic mass is 16.5. The minimum Gasteiger partial charge on any atom is -0.447 e. The number of carbonyl (C=O) groups excluding carboxylic acids is 1. The van der Waals surface area contributed by atoms with Crippen LogP contribution in [0.25, 0.3) is 0 Å². The highest BCUT2D eigenvalue weighted by molar-refractivity contribution is 5.97. The number of hydrogen-bond donors (Lipinski definition) is 2. The predicted molar refractivity (Wildman–Crippen MR) is 87.3 cm³/mol. The number of nitrogens with zero attached hydrogens (tertiary/aromatic N) is 2. The zero-order valence-corrected chi connectivity index (χ0v) is 14.1. The first-order valence-electron chi connectivity index (χ1n) is 8.84. The number of unbranched alkanes of at least 4 members (excludes halogenated alkanes) is 3. The van der Waals surface area contributed by atoms with Gasteiger partial charge in [0.15, 0.2) is 0 Å². The first-order valence-corrected chi connectivity index (χ1v) is 8.84. The maximum Gasteiger partial charge on any atom is 0.348 e. The van der Waals surface area contributed by atoms with Crippen LogP contribution in [0, 0.1) is 5.92 Å². The van der Waals surface area contributed by atoms with Gasteiger partial charge >= 0.3 is 6.03 Å². The Balaban J connectivity index is 1.59. The average molecular weight is 338 g/mol. The molecule has 7 nitrogen and oxygen atoms in total. The van der Waals surface area contributed by atoms with Crippen LogP contribution in [0.15, 0.2) is 16.8 Å². The molecule has 0 aromatic heterocycles. The van der Waals surface area contributed by atoms with E-state index in [4.69, 9.17) is 9.47 Å². The monoisotopic (exact) mass is 338 g/mol. The van der Waals surface area contributed by atoms with Crippen LogP contribution in [-0.2, 0) is 9.47 Å². The van der Waals surface area contributed by atoms with Gasteiger partial charge in [-0.05, 0) is 12.5 Å². The number of ether oxygens (including phenoxy) is 2. The van der Waals surface area contributed by atoms with E-state index in [0.717, 1.165) is 18.6 Å². The molecule has 3 heterocycles. The molecule has 1 fully saturated rings. The maximum absolute atomic E-state index is 12.2. The zero-order chi connectivity index (χ0) is 17.1. The van der Waals surface area contributed by atoms with Crippen LogP contribution in [0.2, 0.25) is 0 Å². The number of aliphatic hydroxyl groups is 2. The number of fused-ring (bicyclic) bond motifs is 1. The minimum atomic E-state index is -0.761. The standard InChI is InChI=1S/C17H26N2O5/c1-2-3-4-5-6-12-7-11-9-19(17(22)18-16(11)23-12)15-8-13(21)14(10-20)24-15/h7,11,13-15,20-21H,2-6,8-10H2,1H3/t11?,13-,14+,15+/m0/s1. The number of rotatable bonds is 7. The normalized spacial score (nSPS) is 32.5. The van der Waals surface area contributed by atoms with E-state index in [0.29, 0.717) is 18.9 Å². The summed E-state index contributed by atoms with van der Waals surface area (Å²) in [6, 6.07) is -0.405. The third-order valence-electron chi connectivity index (χ3n) is 4.79. The SMILES string of the molecule is CCCCCCC1=CC2CN([C@H]3C[C@H](O)[C@@H](CO)O3)C(=O)N=C2O1. The third-order valence-corrected chi connectivity index (χ3v) is 4.79. The molecule has 1 saturated heterocycles. The molecule has 134 valence electrons. The Hall–Kier alpha value is -1.44. The molecule has 0 spiro atoms. The number of aliphatic hydroxyl groups excluding tert-OH is 2. The molecule has 3 aliphatic heterocycles. The first kappa shape index (κ1) is 17.4. The fourth-order valence-corrected chi connectivity index (χ4v) is 3.40. The molecule has 0 aromatic rings. The van der Waals surface area contributed by atoms with Gasteiger partial charge in [-0.3, -0.25) is 4.90 Å². The summed E-state index contributed by atoms with van der Waals surface area (Å²) in [4.78, 5) is 17.8. The van der Waals surface area contributed by atoms with Crippen molar-refractivity contribution < 1.29 is 24.5 Å². The molecule has 7 heteroatoms. The Morgan fingerprint density at radius 1 is 1.38 bits per heavy atom. The van der Waals surface area contributed by atoms with Gasteiger partial charge in [0, 0.05) is 19.4 Å². The lowest BCUT2D eigenvalue weighted by molar-refractivity contribution is -0.0648. The van der Waals surface area contributed by atoms with Gasteiger partial charge in [0.1, 0.15) is 18.1 Å². The topological polar surface area (TPSA) is 91.6 Å². The smallest absolute Gasteiger partial charge is 0.348 e. The summed E-state index contributed by atoms with van der Waals surface area (Å²) in [5.41, 5.74) is 0. The predicted octanol–water partition coefficient (Wildman–Crippen LogP) is 1.79. The third kappa shape index (κ3) is 3.63. The number of carbonyl (C=O) groups is 1. The highest BCUT2D eigenvalue weighted by Gasteiger charge is 2.43.